The molecule has 0 aliphatic rings. The number of benzene rings is 2. The van der Waals surface area contributed by atoms with Crippen molar-refractivity contribution in [2.45, 2.75) is 12.8 Å². The van der Waals surface area contributed by atoms with E-state index in [9.17, 15) is 13.2 Å². The maximum absolute atomic E-state index is 12.2. The minimum Gasteiger partial charge on any atom is -0.406 e. The topological polar surface area (TPSA) is 29.5 Å². The largest absolute Gasteiger partial charge is 0.573 e. The molecule has 2 nitrogen and oxygen atoms in total. The van der Waals surface area contributed by atoms with E-state index in [1.165, 1.54) is 18.2 Å². The lowest BCUT2D eigenvalue weighted by atomic mass is 10.0. The van der Waals surface area contributed by atoms with E-state index in [2.05, 4.69) is 4.74 Å². The van der Waals surface area contributed by atoms with Crippen LogP contribution in [-0.2, 0) is 6.42 Å². The molecule has 112 valence electrons. The standard InChI is InChI=1S/C15H12ClF3O2/c16-14-5-4-11(8-12(14)6-7-20)10-2-1-3-13(9-10)21-15(17,18)19/h1-5,8-9,20H,6-7H2. The van der Waals surface area contributed by atoms with Crippen LogP contribution in [0, 0.1) is 0 Å². The first-order valence-electron chi connectivity index (χ1n) is 6.14. The zero-order valence-electron chi connectivity index (χ0n) is 10.8. The first-order valence-corrected chi connectivity index (χ1v) is 6.52. The summed E-state index contributed by atoms with van der Waals surface area (Å²) in [6.07, 6.45) is -4.34. The molecule has 0 aromatic heterocycles. The molecule has 0 spiro atoms. The molecule has 2 aromatic carbocycles. The summed E-state index contributed by atoms with van der Waals surface area (Å²) in [4.78, 5) is 0. The number of ether oxygens (including phenoxy) is 1. The summed E-state index contributed by atoms with van der Waals surface area (Å²) in [5, 5.41) is 9.48. The summed E-state index contributed by atoms with van der Waals surface area (Å²) in [5.41, 5.74) is 2.02. The van der Waals surface area contributed by atoms with Crippen LogP contribution in [0.15, 0.2) is 42.5 Å². The van der Waals surface area contributed by atoms with E-state index in [1.54, 1.807) is 24.3 Å². The summed E-state index contributed by atoms with van der Waals surface area (Å²) >= 11 is 6.00. The molecule has 2 aromatic rings. The van der Waals surface area contributed by atoms with Crippen molar-refractivity contribution < 1.29 is 23.0 Å². The van der Waals surface area contributed by atoms with Crippen molar-refractivity contribution in [3.63, 3.8) is 0 Å². The van der Waals surface area contributed by atoms with Gasteiger partial charge < -0.3 is 9.84 Å². The monoisotopic (exact) mass is 316 g/mol. The number of aliphatic hydroxyl groups excluding tert-OH is 1. The lowest BCUT2D eigenvalue weighted by Gasteiger charge is -2.11. The molecule has 1 N–H and O–H groups in total. The SMILES string of the molecule is OCCc1cc(-c2cccc(OC(F)(F)F)c2)ccc1Cl. The van der Waals surface area contributed by atoms with Crippen molar-refractivity contribution in [1.29, 1.82) is 0 Å². The van der Waals surface area contributed by atoms with Gasteiger partial charge in [-0.1, -0.05) is 29.8 Å². The van der Waals surface area contributed by atoms with E-state index < -0.39 is 6.36 Å². The minimum absolute atomic E-state index is 0.0552. The molecule has 0 radical (unpaired) electrons. The summed E-state index contributed by atoms with van der Waals surface area (Å²) in [6.45, 7) is -0.0552. The summed E-state index contributed by atoms with van der Waals surface area (Å²) < 4.78 is 40.6. The third kappa shape index (κ3) is 4.37. The molecule has 0 aliphatic carbocycles. The highest BCUT2D eigenvalue weighted by atomic mass is 35.5. The fraction of sp³-hybridized carbons (Fsp3) is 0.200. The normalized spacial score (nSPS) is 11.5. The first kappa shape index (κ1) is 15.7. The highest BCUT2D eigenvalue weighted by Crippen LogP contribution is 2.30. The third-order valence-electron chi connectivity index (χ3n) is 2.83. The van der Waals surface area contributed by atoms with Gasteiger partial charge in [-0.2, -0.15) is 0 Å². The molecule has 2 rings (SSSR count). The Kier molecular flexibility index (Phi) is 4.75. The molecule has 0 unspecified atom stereocenters. The van der Waals surface area contributed by atoms with Gasteiger partial charge in [-0.15, -0.1) is 13.2 Å². The van der Waals surface area contributed by atoms with Crippen LogP contribution in [0.4, 0.5) is 13.2 Å². The number of halogens is 4. The maximum atomic E-state index is 12.2. The Hall–Kier alpha value is -1.72. The smallest absolute Gasteiger partial charge is 0.406 e. The first-order chi connectivity index (χ1) is 9.89. The lowest BCUT2D eigenvalue weighted by molar-refractivity contribution is -0.274. The van der Waals surface area contributed by atoms with E-state index in [1.807, 2.05) is 0 Å². The predicted molar refractivity (Wildman–Crippen MR) is 74.4 cm³/mol. The van der Waals surface area contributed by atoms with E-state index in [4.69, 9.17) is 16.7 Å². The Morgan fingerprint density at radius 2 is 1.76 bits per heavy atom. The molecular weight excluding hydrogens is 305 g/mol. The summed E-state index contributed by atoms with van der Waals surface area (Å²) in [5.74, 6) is -0.279. The predicted octanol–water partition coefficient (Wildman–Crippen LogP) is 4.44. The second-order valence-electron chi connectivity index (χ2n) is 4.36. The Balaban J connectivity index is 2.34. The molecule has 0 heterocycles. The number of aliphatic hydroxyl groups is 1. The van der Waals surface area contributed by atoms with Gasteiger partial charge in [-0.05, 0) is 47.4 Å². The molecule has 6 heteroatoms. The Morgan fingerprint density at radius 1 is 1.05 bits per heavy atom. The Morgan fingerprint density at radius 3 is 2.43 bits per heavy atom. The lowest BCUT2D eigenvalue weighted by Crippen LogP contribution is -2.17. The third-order valence-corrected chi connectivity index (χ3v) is 3.20. The summed E-state index contributed by atoms with van der Waals surface area (Å²) in [6, 6.07) is 10.8. The van der Waals surface area contributed by atoms with Gasteiger partial charge >= 0.3 is 6.36 Å². The van der Waals surface area contributed by atoms with Gasteiger partial charge in [-0.3, -0.25) is 0 Å². The summed E-state index contributed by atoms with van der Waals surface area (Å²) in [7, 11) is 0. The van der Waals surface area contributed by atoms with Crippen LogP contribution < -0.4 is 4.74 Å². The molecule has 0 saturated heterocycles. The van der Waals surface area contributed by atoms with Crippen molar-refractivity contribution in [1.82, 2.24) is 0 Å². The van der Waals surface area contributed by atoms with Crippen molar-refractivity contribution >= 4 is 11.6 Å². The average molecular weight is 317 g/mol. The fourth-order valence-electron chi connectivity index (χ4n) is 1.94. The van der Waals surface area contributed by atoms with E-state index in [-0.39, 0.29) is 12.4 Å². The number of alkyl halides is 3. The quantitative estimate of drug-likeness (QED) is 0.903. The van der Waals surface area contributed by atoms with Gasteiger partial charge in [0.25, 0.3) is 0 Å². The maximum Gasteiger partial charge on any atom is 0.573 e. The zero-order valence-corrected chi connectivity index (χ0v) is 11.6. The number of hydrogen-bond donors (Lipinski definition) is 1. The van der Waals surface area contributed by atoms with Gasteiger partial charge in [0.1, 0.15) is 5.75 Å². The fourth-order valence-corrected chi connectivity index (χ4v) is 2.15. The molecule has 0 bridgehead atoms. The van der Waals surface area contributed by atoms with Crippen LogP contribution >= 0.6 is 11.6 Å². The van der Waals surface area contributed by atoms with Gasteiger partial charge in [0, 0.05) is 11.6 Å². The second-order valence-corrected chi connectivity index (χ2v) is 4.76. The molecule has 0 atom stereocenters. The van der Waals surface area contributed by atoms with Crippen molar-refractivity contribution in [3.05, 3.63) is 53.1 Å². The zero-order chi connectivity index (χ0) is 15.5. The molecule has 21 heavy (non-hydrogen) atoms. The van der Waals surface area contributed by atoms with Crippen LogP contribution in [0.1, 0.15) is 5.56 Å². The molecular formula is C15H12ClF3O2. The van der Waals surface area contributed by atoms with E-state index >= 15 is 0 Å². The van der Waals surface area contributed by atoms with Crippen LogP contribution in [0.3, 0.4) is 0 Å². The second kappa shape index (κ2) is 6.37. The Bertz CT molecular complexity index is 627. The van der Waals surface area contributed by atoms with Gasteiger partial charge in [0.05, 0.1) is 0 Å². The molecule has 0 fully saturated rings. The van der Waals surface area contributed by atoms with Gasteiger partial charge in [0.15, 0.2) is 0 Å². The van der Waals surface area contributed by atoms with Crippen LogP contribution in [-0.4, -0.2) is 18.1 Å². The van der Waals surface area contributed by atoms with E-state index in [0.29, 0.717) is 22.6 Å². The minimum atomic E-state index is -4.72. The molecule has 0 saturated carbocycles. The van der Waals surface area contributed by atoms with Crippen LogP contribution in [0.5, 0.6) is 5.75 Å². The van der Waals surface area contributed by atoms with Crippen molar-refractivity contribution in [2.24, 2.45) is 0 Å². The van der Waals surface area contributed by atoms with Crippen LogP contribution in [0.2, 0.25) is 5.02 Å². The average Bonchev–Trinajstić information content (AvgIpc) is 2.40. The highest BCUT2D eigenvalue weighted by Gasteiger charge is 2.31. The number of rotatable bonds is 4. The van der Waals surface area contributed by atoms with Gasteiger partial charge in [0.2, 0.25) is 0 Å². The Labute approximate surface area is 124 Å². The van der Waals surface area contributed by atoms with Crippen LogP contribution in [0.25, 0.3) is 11.1 Å². The van der Waals surface area contributed by atoms with Gasteiger partial charge in [-0.25, -0.2) is 0 Å². The number of hydrogen-bond acceptors (Lipinski definition) is 2. The van der Waals surface area contributed by atoms with E-state index in [0.717, 1.165) is 5.56 Å². The van der Waals surface area contributed by atoms with Crippen molar-refractivity contribution in [3.8, 4) is 16.9 Å². The van der Waals surface area contributed by atoms with Crippen molar-refractivity contribution in [2.75, 3.05) is 6.61 Å². The molecule has 0 aliphatic heterocycles. The molecule has 0 amide bonds. The highest BCUT2D eigenvalue weighted by molar-refractivity contribution is 6.31.